The number of aliphatic hydroxyl groups is 1. The third-order valence-electron chi connectivity index (χ3n) is 6.01. The lowest BCUT2D eigenvalue weighted by atomic mass is 9.86. The average Bonchev–Trinajstić information content (AvgIpc) is 3.11. The predicted molar refractivity (Wildman–Crippen MR) is 110 cm³/mol. The van der Waals surface area contributed by atoms with Gasteiger partial charge < -0.3 is 5.11 Å². The normalized spacial score (nSPS) is 17.5. The van der Waals surface area contributed by atoms with Gasteiger partial charge in [0.15, 0.2) is 6.23 Å². The second kappa shape index (κ2) is 8.24. The number of halogens is 4. The summed E-state index contributed by atoms with van der Waals surface area (Å²) in [6, 6.07) is 10.0. The van der Waals surface area contributed by atoms with Crippen LogP contribution in [0.2, 0.25) is 0 Å². The van der Waals surface area contributed by atoms with Gasteiger partial charge in [0.05, 0.1) is 11.1 Å². The fourth-order valence-corrected chi connectivity index (χ4v) is 4.46. The van der Waals surface area contributed by atoms with Crippen molar-refractivity contribution in [3.05, 3.63) is 65.1 Å². The van der Waals surface area contributed by atoms with Crippen molar-refractivity contribution in [1.82, 2.24) is 14.7 Å². The summed E-state index contributed by atoms with van der Waals surface area (Å²) < 4.78 is 55.6. The van der Waals surface area contributed by atoms with Gasteiger partial charge in [0, 0.05) is 24.5 Å². The number of likely N-dealkylation sites (tertiary alicyclic amines) is 1. The van der Waals surface area contributed by atoms with E-state index in [-0.39, 0.29) is 17.8 Å². The third kappa shape index (κ3) is 4.19. The molecule has 8 heteroatoms. The van der Waals surface area contributed by atoms with E-state index < -0.39 is 18.0 Å². The maximum Gasteiger partial charge on any atom is 0.416 e. The van der Waals surface area contributed by atoms with Crippen LogP contribution >= 0.6 is 0 Å². The van der Waals surface area contributed by atoms with Gasteiger partial charge in [-0.2, -0.15) is 18.3 Å². The molecule has 1 unspecified atom stereocenters. The standard InChI is InChI=1S/C23H25F4N3O/c1-14(2)30-20-13-16(24)7-8-18(20)21(28-30)22(31)29-11-9-15(10-12-29)17-5-3-4-6-19(17)23(25,26)27/h3-8,13-15,22,31H,9-12H2,1-2H3. The lowest BCUT2D eigenvalue weighted by Gasteiger charge is -2.35. The molecule has 4 rings (SSSR count). The molecule has 2 aromatic carbocycles. The van der Waals surface area contributed by atoms with Gasteiger partial charge in [-0.25, -0.2) is 4.39 Å². The van der Waals surface area contributed by atoms with Crippen molar-refractivity contribution in [2.24, 2.45) is 0 Å². The maximum absolute atomic E-state index is 13.8. The molecular weight excluding hydrogens is 410 g/mol. The Morgan fingerprint density at radius 3 is 2.39 bits per heavy atom. The van der Waals surface area contributed by atoms with Crippen LogP contribution in [0.15, 0.2) is 42.5 Å². The Hall–Kier alpha value is -2.45. The second-order valence-electron chi connectivity index (χ2n) is 8.35. The molecule has 1 atom stereocenters. The van der Waals surface area contributed by atoms with E-state index in [1.165, 1.54) is 18.2 Å². The van der Waals surface area contributed by atoms with Gasteiger partial charge in [-0.3, -0.25) is 9.58 Å². The number of rotatable bonds is 4. The first-order valence-corrected chi connectivity index (χ1v) is 10.4. The molecule has 0 aliphatic carbocycles. The number of aliphatic hydroxyl groups excluding tert-OH is 1. The van der Waals surface area contributed by atoms with Crippen LogP contribution in [-0.4, -0.2) is 32.9 Å². The molecule has 0 radical (unpaired) electrons. The summed E-state index contributed by atoms with van der Waals surface area (Å²) in [7, 11) is 0. The average molecular weight is 435 g/mol. The molecule has 1 fully saturated rings. The highest BCUT2D eigenvalue weighted by Gasteiger charge is 2.36. The molecule has 1 aliphatic heterocycles. The molecule has 1 saturated heterocycles. The van der Waals surface area contributed by atoms with E-state index in [1.807, 2.05) is 18.7 Å². The number of nitrogens with zero attached hydrogens (tertiary/aromatic N) is 3. The van der Waals surface area contributed by atoms with E-state index in [1.54, 1.807) is 22.9 Å². The van der Waals surface area contributed by atoms with Crippen molar-refractivity contribution in [3.8, 4) is 0 Å². The lowest BCUT2D eigenvalue weighted by molar-refractivity contribution is -0.138. The van der Waals surface area contributed by atoms with Gasteiger partial charge in [0.1, 0.15) is 11.5 Å². The van der Waals surface area contributed by atoms with Crippen molar-refractivity contribution < 1.29 is 22.7 Å². The molecule has 0 saturated carbocycles. The van der Waals surface area contributed by atoms with Crippen LogP contribution in [0.1, 0.15) is 61.7 Å². The Morgan fingerprint density at radius 1 is 1.06 bits per heavy atom. The van der Waals surface area contributed by atoms with Crippen LogP contribution in [-0.2, 0) is 6.18 Å². The summed E-state index contributed by atoms with van der Waals surface area (Å²) in [5.74, 6) is -0.597. The Labute approximate surface area is 178 Å². The number of benzene rings is 2. The molecule has 1 aliphatic rings. The minimum absolute atomic E-state index is 0.0187. The van der Waals surface area contributed by atoms with Crippen molar-refractivity contribution in [2.75, 3.05) is 13.1 Å². The molecule has 0 spiro atoms. The highest BCUT2D eigenvalue weighted by molar-refractivity contribution is 5.82. The van der Waals surface area contributed by atoms with Gasteiger partial charge >= 0.3 is 6.18 Å². The number of aromatic nitrogens is 2. The quantitative estimate of drug-likeness (QED) is 0.539. The lowest BCUT2D eigenvalue weighted by Crippen LogP contribution is -2.36. The van der Waals surface area contributed by atoms with Crippen LogP contribution in [0, 0.1) is 5.82 Å². The van der Waals surface area contributed by atoms with Crippen molar-refractivity contribution >= 4 is 10.9 Å². The van der Waals surface area contributed by atoms with Crippen LogP contribution in [0.25, 0.3) is 10.9 Å². The maximum atomic E-state index is 13.8. The number of hydrogen-bond donors (Lipinski definition) is 1. The number of fused-ring (bicyclic) bond motifs is 1. The highest BCUT2D eigenvalue weighted by Crippen LogP contribution is 2.40. The summed E-state index contributed by atoms with van der Waals surface area (Å²) in [4.78, 5) is 1.82. The van der Waals surface area contributed by atoms with E-state index in [4.69, 9.17) is 0 Å². The van der Waals surface area contributed by atoms with Crippen LogP contribution < -0.4 is 0 Å². The van der Waals surface area contributed by atoms with Crippen LogP contribution in [0.3, 0.4) is 0 Å². The van der Waals surface area contributed by atoms with Crippen LogP contribution in [0.5, 0.6) is 0 Å². The smallest absolute Gasteiger partial charge is 0.372 e. The van der Waals surface area contributed by atoms with Crippen molar-refractivity contribution in [2.45, 2.75) is 51.1 Å². The Balaban J connectivity index is 1.56. The summed E-state index contributed by atoms with van der Waals surface area (Å²) in [5, 5.41) is 16.2. The number of hydrogen-bond acceptors (Lipinski definition) is 3. The Kier molecular flexibility index (Phi) is 5.79. The molecule has 31 heavy (non-hydrogen) atoms. The zero-order valence-corrected chi connectivity index (χ0v) is 17.4. The zero-order chi connectivity index (χ0) is 22.3. The van der Waals surface area contributed by atoms with E-state index in [2.05, 4.69) is 5.10 Å². The number of alkyl halides is 3. The van der Waals surface area contributed by atoms with E-state index in [0.29, 0.717) is 48.1 Å². The van der Waals surface area contributed by atoms with Crippen molar-refractivity contribution in [1.29, 1.82) is 0 Å². The van der Waals surface area contributed by atoms with Gasteiger partial charge in [0.2, 0.25) is 0 Å². The molecule has 3 aromatic rings. The molecular formula is C23H25F4N3O. The first-order valence-electron chi connectivity index (χ1n) is 10.4. The second-order valence-corrected chi connectivity index (χ2v) is 8.35. The van der Waals surface area contributed by atoms with Crippen LogP contribution in [0.4, 0.5) is 17.6 Å². The van der Waals surface area contributed by atoms with E-state index in [9.17, 15) is 22.7 Å². The number of piperidine rings is 1. The third-order valence-corrected chi connectivity index (χ3v) is 6.01. The van der Waals surface area contributed by atoms with Gasteiger partial charge in [-0.1, -0.05) is 18.2 Å². The largest absolute Gasteiger partial charge is 0.416 e. The van der Waals surface area contributed by atoms with Crippen molar-refractivity contribution in [3.63, 3.8) is 0 Å². The SMILES string of the molecule is CC(C)n1nc(C(O)N2CCC(c3ccccc3C(F)(F)F)CC2)c2ccc(F)cc21. The van der Waals surface area contributed by atoms with Gasteiger partial charge in [0.25, 0.3) is 0 Å². The molecule has 1 aromatic heterocycles. The van der Waals surface area contributed by atoms with Gasteiger partial charge in [-0.15, -0.1) is 0 Å². The highest BCUT2D eigenvalue weighted by atomic mass is 19.4. The minimum Gasteiger partial charge on any atom is -0.372 e. The molecule has 2 heterocycles. The Bertz CT molecular complexity index is 1070. The summed E-state index contributed by atoms with van der Waals surface area (Å²) in [6.45, 7) is 4.73. The molecule has 166 valence electrons. The minimum atomic E-state index is -4.38. The fourth-order valence-electron chi connectivity index (χ4n) is 4.46. The molecule has 0 amide bonds. The fraction of sp³-hybridized carbons (Fsp3) is 0.435. The van der Waals surface area contributed by atoms with E-state index in [0.717, 1.165) is 6.07 Å². The molecule has 4 nitrogen and oxygen atoms in total. The first kappa shape index (κ1) is 21.8. The summed E-state index contributed by atoms with van der Waals surface area (Å²) >= 11 is 0. The molecule has 0 bridgehead atoms. The Morgan fingerprint density at radius 2 is 1.74 bits per heavy atom. The topological polar surface area (TPSA) is 41.3 Å². The van der Waals surface area contributed by atoms with E-state index >= 15 is 0 Å². The van der Waals surface area contributed by atoms with Gasteiger partial charge in [-0.05, 0) is 62.4 Å². The zero-order valence-electron chi connectivity index (χ0n) is 17.4. The summed E-state index contributed by atoms with van der Waals surface area (Å²) in [6.07, 6.45) is -4.39. The first-order chi connectivity index (χ1) is 14.7. The summed E-state index contributed by atoms with van der Waals surface area (Å²) in [5.41, 5.74) is 0.780. The predicted octanol–water partition coefficient (Wildman–Crippen LogP) is 5.65. The monoisotopic (exact) mass is 435 g/mol. The molecule has 1 N–H and O–H groups in total.